The quantitative estimate of drug-likeness (QED) is 0.857. The summed E-state index contributed by atoms with van der Waals surface area (Å²) >= 11 is 7.38. The van der Waals surface area contributed by atoms with Crippen LogP contribution < -0.4 is 5.01 Å². The molecule has 7 heteroatoms. The molecule has 0 atom stereocenters. The number of carboxylic acid groups (broad SMARTS) is 1. The highest BCUT2D eigenvalue weighted by molar-refractivity contribution is 7.10. The summed E-state index contributed by atoms with van der Waals surface area (Å²) in [5.41, 5.74) is 1.36. The third-order valence-electron chi connectivity index (χ3n) is 3.32. The van der Waals surface area contributed by atoms with Crippen molar-refractivity contribution in [3.05, 3.63) is 56.7 Å². The molecule has 0 saturated carbocycles. The predicted molar refractivity (Wildman–Crippen MR) is 91.3 cm³/mol. The van der Waals surface area contributed by atoms with Gasteiger partial charge in [-0.25, -0.2) is 4.79 Å². The number of hydrogen-bond acceptors (Lipinski definition) is 4. The standard InChI is InChI=1S/C16H11ClN2O3S/c1-9-12(8-11-3-2-6-23-11)15(20)19(18-9)10-4-5-14(17)13(7-10)16(21)22/h2-8H,1H3,(H,21,22). The maximum atomic E-state index is 12.6. The molecule has 1 aromatic heterocycles. The Morgan fingerprint density at radius 3 is 2.83 bits per heavy atom. The lowest BCUT2D eigenvalue weighted by atomic mass is 10.1. The van der Waals surface area contributed by atoms with E-state index >= 15 is 0 Å². The van der Waals surface area contributed by atoms with Crippen LogP contribution in [0.4, 0.5) is 5.69 Å². The van der Waals surface area contributed by atoms with E-state index in [0.29, 0.717) is 17.0 Å². The molecule has 23 heavy (non-hydrogen) atoms. The predicted octanol–water partition coefficient (Wildman–Crippen LogP) is 3.91. The van der Waals surface area contributed by atoms with Crippen molar-refractivity contribution in [3.8, 4) is 0 Å². The van der Waals surface area contributed by atoms with Gasteiger partial charge in [-0.15, -0.1) is 11.3 Å². The Morgan fingerprint density at radius 2 is 2.17 bits per heavy atom. The average Bonchev–Trinajstić information content (AvgIpc) is 3.11. The van der Waals surface area contributed by atoms with E-state index < -0.39 is 5.97 Å². The van der Waals surface area contributed by atoms with Gasteiger partial charge in [0.2, 0.25) is 0 Å². The molecule has 116 valence electrons. The molecular weight excluding hydrogens is 336 g/mol. The van der Waals surface area contributed by atoms with Crippen molar-refractivity contribution in [3.63, 3.8) is 0 Å². The lowest BCUT2D eigenvalue weighted by Gasteiger charge is -2.12. The largest absolute Gasteiger partial charge is 0.478 e. The van der Waals surface area contributed by atoms with E-state index in [0.717, 1.165) is 4.88 Å². The van der Waals surface area contributed by atoms with Gasteiger partial charge in [-0.1, -0.05) is 17.7 Å². The van der Waals surface area contributed by atoms with E-state index in [1.54, 1.807) is 19.1 Å². The van der Waals surface area contributed by atoms with Gasteiger partial charge in [0.1, 0.15) is 0 Å². The molecular formula is C16H11ClN2O3S. The van der Waals surface area contributed by atoms with Gasteiger partial charge in [0.05, 0.1) is 27.6 Å². The highest BCUT2D eigenvalue weighted by Crippen LogP contribution is 2.29. The molecule has 0 radical (unpaired) electrons. The van der Waals surface area contributed by atoms with Gasteiger partial charge in [0, 0.05) is 4.88 Å². The summed E-state index contributed by atoms with van der Waals surface area (Å²) in [5, 5.41) is 16.6. The molecule has 1 N–H and O–H groups in total. The molecule has 0 bridgehead atoms. The average molecular weight is 347 g/mol. The van der Waals surface area contributed by atoms with E-state index in [-0.39, 0.29) is 16.5 Å². The number of carbonyl (C=O) groups is 2. The molecule has 2 aromatic rings. The van der Waals surface area contributed by atoms with Crippen LogP contribution in [-0.2, 0) is 4.79 Å². The normalized spacial score (nSPS) is 16.1. The zero-order valence-corrected chi connectivity index (χ0v) is 13.6. The van der Waals surface area contributed by atoms with Crippen LogP contribution in [0.25, 0.3) is 6.08 Å². The van der Waals surface area contributed by atoms with E-state index in [1.165, 1.54) is 28.5 Å². The molecule has 1 amide bonds. The number of aromatic carboxylic acids is 1. The minimum absolute atomic E-state index is 0.0690. The van der Waals surface area contributed by atoms with Crippen molar-refractivity contribution in [2.45, 2.75) is 6.92 Å². The highest BCUT2D eigenvalue weighted by atomic mass is 35.5. The first kappa shape index (κ1) is 15.5. The molecule has 1 aliphatic heterocycles. The molecule has 0 unspecified atom stereocenters. The van der Waals surface area contributed by atoms with Crippen molar-refractivity contribution in [1.29, 1.82) is 0 Å². The minimum Gasteiger partial charge on any atom is -0.478 e. The summed E-state index contributed by atoms with van der Waals surface area (Å²) in [6, 6.07) is 8.16. The Hall–Kier alpha value is -2.44. The van der Waals surface area contributed by atoms with Crippen LogP contribution in [0.3, 0.4) is 0 Å². The zero-order valence-electron chi connectivity index (χ0n) is 12.0. The lowest BCUT2D eigenvalue weighted by Crippen LogP contribution is -2.21. The van der Waals surface area contributed by atoms with Gasteiger partial charge in [-0.05, 0) is 42.6 Å². The van der Waals surface area contributed by atoms with E-state index in [9.17, 15) is 9.59 Å². The van der Waals surface area contributed by atoms with Gasteiger partial charge >= 0.3 is 5.97 Å². The second-order valence-corrected chi connectivity index (χ2v) is 6.23. The third-order valence-corrected chi connectivity index (χ3v) is 4.47. The summed E-state index contributed by atoms with van der Waals surface area (Å²) in [6.07, 6.45) is 1.78. The molecule has 2 heterocycles. The number of hydrogen-bond donors (Lipinski definition) is 1. The number of benzene rings is 1. The van der Waals surface area contributed by atoms with Gasteiger partial charge in [0.25, 0.3) is 5.91 Å². The Morgan fingerprint density at radius 1 is 1.39 bits per heavy atom. The number of carboxylic acids is 1. The van der Waals surface area contributed by atoms with E-state index in [4.69, 9.17) is 16.7 Å². The van der Waals surface area contributed by atoms with Crippen LogP contribution in [-0.4, -0.2) is 22.7 Å². The number of carbonyl (C=O) groups excluding carboxylic acids is 1. The molecule has 1 aromatic carbocycles. The number of nitrogens with zero attached hydrogens (tertiary/aromatic N) is 2. The summed E-state index contributed by atoms with van der Waals surface area (Å²) in [4.78, 5) is 24.7. The maximum absolute atomic E-state index is 12.6. The summed E-state index contributed by atoms with van der Waals surface area (Å²) < 4.78 is 0. The molecule has 0 spiro atoms. The monoisotopic (exact) mass is 346 g/mol. The summed E-state index contributed by atoms with van der Waals surface area (Å²) in [7, 11) is 0. The maximum Gasteiger partial charge on any atom is 0.337 e. The number of amides is 1. The first-order valence-corrected chi connectivity index (χ1v) is 7.91. The topological polar surface area (TPSA) is 70.0 Å². The van der Waals surface area contributed by atoms with E-state index in [2.05, 4.69) is 5.10 Å². The summed E-state index contributed by atoms with van der Waals surface area (Å²) in [5.74, 6) is -1.45. The van der Waals surface area contributed by atoms with Crippen molar-refractivity contribution in [2.75, 3.05) is 5.01 Å². The SMILES string of the molecule is CC1=NN(c2ccc(Cl)c(C(=O)O)c2)C(=O)C1=Cc1cccs1. The fraction of sp³-hybridized carbons (Fsp3) is 0.0625. The van der Waals surface area contributed by atoms with Crippen LogP contribution in [0.15, 0.2) is 46.4 Å². The van der Waals surface area contributed by atoms with Crippen LogP contribution in [0.1, 0.15) is 22.2 Å². The molecule has 0 saturated heterocycles. The molecule has 3 rings (SSSR count). The smallest absolute Gasteiger partial charge is 0.337 e. The zero-order chi connectivity index (χ0) is 16.6. The minimum atomic E-state index is -1.15. The first-order valence-electron chi connectivity index (χ1n) is 6.65. The van der Waals surface area contributed by atoms with Crippen molar-refractivity contribution >= 4 is 52.3 Å². The summed E-state index contributed by atoms with van der Waals surface area (Å²) in [6.45, 7) is 1.74. The Kier molecular flexibility index (Phi) is 4.02. The van der Waals surface area contributed by atoms with Crippen molar-refractivity contribution in [2.24, 2.45) is 5.10 Å². The number of halogens is 1. The molecule has 5 nitrogen and oxygen atoms in total. The van der Waals surface area contributed by atoms with Crippen LogP contribution >= 0.6 is 22.9 Å². The molecule has 1 aliphatic rings. The number of thiophene rings is 1. The van der Waals surface area contributed by atoms with E-state index in [1.807, 2.05) is 17.5 Å². The fourth-order valence-electron chi connectivity index (χ4n) is 2.18. The van der Waals surface area contributed by atoms with Gasteiger partial charge in [-0.2, -0.15) is 10.1 Å². The molecule has 0 fully saturated rings. The van der Waals surface area contributed by atoms with Crippen molar-refractivity contribution in [1.82, 2.24) is 0 Å². The second-order valence-electron chi connectivity index (χ2n) is 4.85. The van der Waals surface area contributed by atoms with Crippen LogP contribution in [0, 0.1) is 0 Å². The second kappa shape index (κ2) is 5.98. The fourth-order valence-corrected chi connectivity index (χ4v) is 3.04. The first-order chi connectivity index (χ1) is 11.0. The van der Waals surface area contributed by atoms with Crippen molar-refractivity contribution < 1.29 is 14.7 Å². The lowest BCUT2D eigenvalue weighted by molar-refractivity contribution is -0.114. The Labute approximate surface area is 141 Å². The number of hydrazone groups is 1. The van der Waals surface area contributed by atoms with Gasteiger partial charge < -0.3 is 5.11 Å². The Bertz CT molecular complexity index is 856. The van der Waals surface area contributed by atoms with Gasteiger partial charge in [-0.3, -0.25) is 4.79 Å². The Balaban J connectivity index is 1.98. The number of rotatable bonds is 3. The van der Waals surface area contributed by atoms with Gasteiger partial charge in [0.15, 0.2) is 0 Å². The number of anilines is 1. The van der Waals surface area contributed by atoms with Crippen LogP contribution in [0.2, 0.25) is 5.02 Å². The van der Waals surface area contributed by atoms with Crippen LogP contribution in [0.5, 0.6) is 0 Å². The highest BCUT2D eigenvalue weighted by Gasteiger charge is 2.29. The third kappa shape index (κ3) is 2.91. The molecule has 0 aliphatic carbocycles.